The van der Waals surface area contributed by atoms with Crippen LogP contribution in [0.4, 0.5) is 0 Å². The Kier molecular flexibility index (Phi) is 3.52. The zero-order valence-electron chi connectivity index (χ0n) is 8.25. The summed E-state index contributed by atoms with van der Waals surface area (Å²) in [7, 11) is 0. The smallest absolute Gasteiger partial charge is 0.0624 e. The Hall–Kier alpha value is -1.29. The van der Waals surface area contributed by atoms with Gasteiger partial charge in [-0.05, 0) is 23.1 Å². The van der Waals surface area contributed by atoms with Crippen LogP contribution in [0, 0.1) is 17.2 Å². The minimum absolute atomic E-state index is 0.588. The van der Waals surface area contributed by atoms with Gasteiger partial charge >= 0.3 is 0 Å². The minimum Gasteiger partial charge on any atom is -0.198 e. The Morgan fingerprint density at radius 2 is 2.00 bits per heavy atom. The molecule has 0 aromatic heterocycles. The first-order valence-electron chi connectivity index (χ1n) is 4.75. The Balaban J connectivity index is 0.000000130. The second-order valence-electron chi connectivity index (χ2n) is 3.46. The summed E-state index contributed by atoms with van der Waals surface area (Å²) in [5.41, 5.74) is 2.85. The number of hydrogen-bond acceptors (Lipinski definition) is 1. The van der Waals surface area contributed by atoms with Crippen molar-refractivity contribution in [2.24, 2.45) is 5.92 Å². The van der Waals surface area contributed by atoms with Crippen LogP contribution >= 0.6 is 0 Å². The molecule has 2 rings (SSSR count). The summed E-state index contributed by atoms with van der Waals surface area (Å²) in [6.45, 7) is 4.19. The van der Waals surface area contributed by atoms with E-state index in [0.717, 1.165) is 6.42 Å². The molecule has 0 aromatic rings. The van der Waals surface area contributed by atoms with Gasteiger partial charge in [0.15, 0.2) is 0 Å². The summed E-state index contributed by atoms with van der Waals surface area (Å²) in [4.78, 5) is 0. The molecule has 1 nitrogen and oxygen atoms in total. The monoisotopic (exact) mass is 173 g/mol. The largest absolute Gasteiger partial charge is 0.198 e. The van der Waals surface area contributed by atoms with Crippen molar-refractivity contribution in [2.75, 3.05) is 0 Å². The molecule has 0 saturated heterocycles. The van der Waals surface area contributed by atoms with Gasteiger partial charge in [0.1, 0.15) is 0 Å². The van der Waals surface area contributed by atoms with Crippen LogP contribution in [0.2, 0.25) is 0 Å². The summed E-state index contributed by atoms with van der Waals surface area (Å²) in [6, 6.07) is 10.6. The number of rotatable bonds is 2. The number of hydrogen-bond donors (Lipinski definition) is 0. The van der Waals surface area contributed by atoms with Crippen molar-refractivity contribution >= 4 is 0 Å². The molecule has 2 aliphatic rings. The van der Waals surface area contributed by atoms with Crippen molar-refractivity contribution in [2.45, 2.75) is 26.7 Å². The van der Waals surface area contributed by atoms with Crippen LogP contribution in [0.15, 0.2) is 24.3 Å². The second-order valence-corrected chi connectivity index (χ2v) is 3.46. The van der Waals surface area contributed by atoms with Gasteiger partial charge in [-0.1, -0.05) is 38.5 Å². The molecule has 68 valence electrons. The third-order valence-electron chi connectivity index (χ3n) is 2.25. The molecule has 13 heavy (non-hydrogen) atoms. The van der Waals surface area contributed by atoms with Gasteiger partial charge in [0.05, 0.1) is 6.07 Å². The first kappa shape index (κ1) is 9.80. The van der Waals surface area contributed by atoms with E-state index in [1.165, 1.54) is 11.1 Å². The second kappa shape index (κ2) is 4.67. The summed E-state index contributed by atoms with van der Waals surface area (Å²) in [5, 5.41) is 8.12. The molecule has 0 fully saturated rings. The van der Waals surface area contributed by atoms with E-state index in [0.29, 0.717) is 12.3 Å². The maximum absolute atomic E-state index is 8.12. The maximum atomic E-state index is 8.12. The Morgan fingerprint density at radius 3 is 2.15 bits per heavy atom. The fourth-order valence-corrected chi connectivity index (χ4v) is 0.976. The average molecular weight is 173 g/mol. The van der Waals surface area contributed by atoms with E-state index < -0.39 is 0 Å². The fourth-order valence-electron chi connectivity index (χ4n) is 0.976. The predicted octanol–water partition coefficient (Wildman–Crippen LogP) is 3.61. The number of nitrogens with zero attached hydrogens (tertiary/aromatic N) is 1. The van der Waals surface area contributed by atoms with E-state index in [9.17, 15) is 0 Å². The summed E-state index contributed by atoms with van der Waals surface area (Å²) in [5.74, 6) is 0.588. The standard InChI is InChI=1S/C6H11N.C6H4/c1-3-6(2)4-5-7;1-2-5-4-6(5)3-1/h6H,3-4H2,1-2H3;1-4H. The number of fused-ring (bicyclic) bond motifs is 1. The lowest BCUT2D eigenvalue weighted by molar-refractivity contribution is 0.578. The first-order valence-corrected chi connectivity index (χ1v) is 4.75. The molecule has 1 heteroatoms. The van der Waals surface area contributed by atoms with E-state index in [1.54, 1.807) is 0 Å². The molecular formula is C12H15N. The van der Waals surface area contributed by atoms with E-state index in [2.05, 4.69) is 44.2 Å². The first-order chi connectivity index (χ1) is 6.27. The molecule has 0 heterocycles. The maximum Gasteiger partial charge on any atom is 0.0624 e. The summed E-state index contributed by atoms with van der Waals surface area (Å²) < 4.78 is 0. The van der Waals surface area contributed by atoms with Crippen LogP contribution in [0.3, 0.4) is 0 Å². The molecule has 1 atom stereocenters. The van der Waals surface area contributed by atoms with Gasteiger partial charge in [-0.3, -0.25) is 0 Å². The topological polar surface area (TPSA) is 23.8 Å². The Labute approximate surface area is 80.0 Å². The van der Waals surface area contributed by atoms with Crippen LogP contribution in [0.1, 0.15) is 26.7 Å². The third-order valence-corrected chi connectivity index (χ3v) is 2.25. The van der Waals surface area contributed by atoms with Crippen molar-refractivity contribution < 1.29 is 0 Å². The lowest BCUT2D eigenvalue weighted by Gasteiger charge is -1.96. The van der Waals surface area contributed by atoms with Crippen molar-refractivity contribution in [3.63, 3.8) is 0 Å². The van der Waals surface area contributed by atoms with Gasteiger partial charge in [-0.15, -0.1) is 0 Å². The molecule has 2 aliphatic carbocycles. The van der Waals surface area contributed by atoms with Crippen molar-refractivity contribution in [1.82, 2.24) is 0 Å². The van der Waals surface area contributed by atoms with Crippen molar-refractivity contribution in [3.8, 4) is 17.2 Å². The predicted molar refractivity (Wildman–Crippen MR) is 55.1 cm³/mol. The van der Waals surface area contributed by atoms with Gasteiger partial charge in [0.2, 0.25) is 0 Å². The van der Waals surface area contributed by atoms with E-state index in [-0.39, 0.29) is 0 Å². The quantitative estimate of drug-likeness (QED) is 0.680. The lowest BCUT2D eigenvalue weighted by Crippen LogP contribution is -1.86. The highest BCUT2D eigenvalue weighted by Crippen LogP contribution is 2.32. The van der Waals surface area contributed by atoms with E-state index >= 15 is 0 Å². The molecule has 0 spiro atoms. The van der Waals surface area contributed by atoms with E-state index in [4.69, 9.17) is 5.26 Å². The highest BCUT2D eigenvalue weighted by Gasteiger charge is 2.06. The average Bonchev–Trinajstić information content (AvgIpc) is 2.75. The van der Waals surface area contributed by atoms with Crippen molar-refractivity contribution in [3.05, 3.63) is 24.3 Å². The highest BCUT2D eigenvalue weighted by atomic mass is 14.2. The van der Waals surface area contributed by atoms with Crippen molar-refractivity contribution in [1.29, 1.82) is 5.26 Å². The van der Waals surface area contributed by atoms with Gasteiger partial charge in [0, 0.05) is 6.42 Å². The Morgan fingerprint density at radius 1 is 1.38 bits per heavy atom. The van der Waals surface area contributed by atoms with E-state index in [1.807, 2.05) is 0 Å². The van der Waals surface area contributed by atoms with Crippen LogP contribution < -0.4 is 0 Å². The van der Waals surface area contributed by atoms with Gasteiger partial charge in [-0.2, -0.15) is 5.26 Å². The zero-order valence-corrected chi connectivity index (χ0v) is 8.25. The molecule has 0 saturated carbocycles. The molecule has 0 amide bonds. The molecular weight excluding hydrogens is 158 g/mol. The Bertz CT molecular complexity index is 292. The van der Waals surface area contributed by atoms with Crippen LogP contribution in [0.25, 0.3) is 11.1 Å². The summed E-state index contributed by atoms with van der Waals surface area (Å²) in [6.07, 6.45) is 1.82. The fraction of sp³-hybridized carbons (Fsp3) is 0.417. The summed E-state index contributed by atoms with van der Waals surface area (Å²) >= 11 is 0. The van der Waals surface area contributed by atoms with Gasteiger partial charge in [0.25, 0.3) is 0 Å². The molecule has 0 N–H and O–H groups in total. The normalized spacial score (nSPS) is 12.1. The van der Waals surface area contributed by atoms with Gasteiger partial charge < -0.3 is 0 Å². The molecule has 0 aliphatic heterocycles. The number of benzene rings is 1. The molecule has 0 radical (unpaired) electrons. The van der Waals surface area contributed by atoms with Crippen LogP contribution in [-0.2, 0) is 0 Å². The highest BCUT2D eigenvalue weighted by molar-refractivity contribution is 5.80. The third kappa shape index (κ3) is 3.29. The lowest BCUT2D eigenvalue weighted by atomic mass is 10.1. The zero-order chi connectivity index (χ0) is 9.68. The van der Waals surface area contributed by atoms with Crippen LogP contribution in [-0.4, -0.2) is 0 Å². The van der Waals surface area contributed by atoms with Crippen LogP contribution in [0.5, 0.6) is 0 Å². The molecule has 0 bridgehead atoms. The van der Waals surface area contributed by atoms with Gasteiger partial charge in [-0.25, -0.2) is 0 Å². The molecule has 1 unspecified atom stereocenters. The SMILES string of the molecule is CCC(C)CC#N.c1cc2cc-2c1. The number of nitriles is 1. The molecule has 0 aromatic carbocycles. The minimum atomic E-state index is 0.588.